The van der Waals surface area contributed by atoms with Crippen molar-refractivity contribution in [1.82, 2.24) is 14.1 Å². The Morgan fingerprint density at radius 2 is 0.680 bits per heavy atom. The highest BCUT2D eigenvalue weighted by Crippen LogP contribution is 2.39. The maximum absolute atomic E-state index is 5.15. The maximum atomic E-state index is 5.15. The van der Waals surface area contributed by atoms with Gasteiger partial charge in [-0.1, -0.05) is 127 Å². The number of fused-ring (bicyclic) bond motifs is 6. The Hall–Kier alpha value is -6.71. The normalized spacial score (nSPS) is 11.6. The van der Waals surface area contributed by atoms with Gasteiger partial charge in [0, 0.05) is 38.4 Å². The highest BCUT2D eigenvalue weighted by molar-refractivity contribution is 6.12. The summed E-state index contributed by atoms with van der Waals surface area (Å²) in [6.45, 7) is 0. The third-order valence-corrected chi connectivity index (χ3v) is 9.90. The molecule has 0 amide bonds. The van der Waals surface area contributed by atoms with Crippen molar-refractivity contribution in [3.8, 4) is 45.0 Å². The van der Waals surface area contributed by atoms with Crippen LogP contribution in [0.4, 0.5) is 0 Å². The summed E-state index contributed by atoms with van der Waals surface area (Å²) >= 11 is 0. The number of nitrogens with zero attached hydrogens (tertiary/aromatic N) is 3. The lowest BCUT2D eigenvalue weighted by atomic mass is 10.0. The molecule has 0 saturated carbocycles. The van der Waals surface area contributed by atoms with Crippen molar-refractivity contribution in [3.05, 3.63) is 188 Å². The Balaban J connectivity index is 1.17. The molecule has 0 radical (unpaired) electrons. The molecule has 3 heteroatoms. The van der Waals surface area contributed by atoms with Crippen LogP contribution >= 0.6 is 0 Å². The van der Waals surface area contributed by atoms with Crippen molar-refractivity contribution >= 4 is 43.6 Å². The summed E-state index contributed by atoms with van der Waals surface area (Å²) in [5.74, 6) is 0. The second-order valence-electron chi connectivity index (χ2n) is 12.8. The Morgan fingerprint density at radius 3 is 1.18 bits per heavy atom. The monoisotopic (exact) mass is 637 g/mol. The van der Waals surface area contributed by atoms with E-state index in [0.29, 0.717) is 0 Å². The summed E-state index contributed by atoms with van der Waals surface area (Å²) in [6.07, 6.45) is 0. The average molecular weight is 638 g/mol. The Morgan fingerprint density at radius 1 is 0.280 bits per heavy atom. The van der Waals surface area contributed by atoms with Gasteiger partial charge < -0.3 is 9.13 Å². The first-order valence-electron chi connectivity index (χ1n) is 17.1. The predicted octanol–water partition coefficient (Wildman–Crippen LogP) is 12.3. The summed E-state index contributed by atoms with van der Waals surface area (Å²) in [7, 11) is 0. The highest BCUT2D eigenvalue weighted by atomic mass is 15.0. The van der Waals surface area contributed by atoms with E-state index in [4.69, 9.17) is 4.98 Å². The van der Waals surface area contributed by atoms with Crippen LogP contribution in [0.25, 0.3) is 88.6 Å². The molecule has 0 spiro atoms. The standard InChI is InChI=1S/C47H31N3/c1-4-14-32(15-5-1)42-30-37(31-43(48-42)33-16-6-2-7-17-33)50-45-23-13-11-21-39(45)41-29-35(25-27-47(41)50)34-24-26-46-40(28-34)38-20-10-12-22-44(38)49(46)36-18-8-3-9-19-36/h1-31H. The maximum Gasteiger partial charge on any atom is 0.0730 e. The third kappa shape index (κ3) is 4.56. The molecular weight excluding hydrogens is 607 g/mol. The molecule has 0 unspecified atom stereocenters. The summed E-state index contributed by atoms with van der Waals surface area (Å²) in [5, 5.41) is 4.96. The van der Waals surface area contributed by atoms with Gasteiger partial charge in [-0.3, -0.25) is 0 Å². The fourth-order valence-electron chi connectivity index (χ4n) is 7.60. The van der Waals surface area contributed by atoms with E-state index < -0.39 is 0 Å². The zero-order valence-corrected chi connectivity index (χ0v) is 27.2. The molecule has 3 heterocycles. The van der Waals surface area contributed by atoms with Crippen LogP contribution in [0.15, 0.2) is 188 Å². The first-order chi connectivity index (χ1) is 24.8. The van der Waals surface area contributed by atoms with Gasteiger partial charge in [-0.2, -0.15) is 0 Å². The second kappa shape index (κ2) is 11.5. The average Bonchev–Trinajstić information content (AvgIpc) is 3.71. The number of rotatable bonds is 5. The van der Waals surface area contributed by atoms with Gasteiger partial charge in [-0.05, 0) is 71.8 Å². The summed E-state index contributed by atoms with van der Waals surface area (Å²) in [6, 6.07) is 67.3. The fraction of sp³-hybridized carbons (Fsp3) is 0. The van der Waals surface area contributed by atoms with Gasteiger partial charge in [0.1, 0.15) is 0 Å². The van der Waals surface area contributed by atoms with E-state index in [0.717, 1.165) is 28.2 Å². The lowest BCUT2D eigenvalue weighted by molar-refractivity contribution is 1.16. The first-order valence-corrected chi connectivity index (χ1v) is 17.1. The van der Waals surface area contributed by atoms with Crippen molar-refractivity contribution in [2.75, 3.05) is 0 Å². The van der Waals surface area contributed by atoms with Crippen LogP contribution in [-0.2, 0) is 0 Å². The molecule has 0 bridgehead atoms. The van der Waals surface area contributed by atoms with E-state index in [9.17, 15) is 0 Å². The molecule has 3 nitrogen and oxygen atoms in total. The lowest BCUT2D eigenvalue weighted by Crippen LogP contribution is -1.98. The van der Waals surface area contributed by atoms with E-state index in [-0.39, 0.29) is 0 Å². The van der Waals surface area contributed by atoms with Crippen molar-refractivity contribution in [2.45, 2.75) is 0 Å². The fourth-order valence-corrected chi connectivity index (χ4v) is 7.60. The minimum Gasteiger partial charge on any atom is -0.309 e. The van der Waals surface area contributed by atoms with Crippen molar-refractivity contribution in [1.29, 1.82) is 0 Å². The topological polar surface area (TPSA) is 22.8 Å². The molecule has 0 aliphatic carbocycles. The zero-order chi connectivity index (χ0) is 33.0. The first kappa shape index (κ1) is 28.3. The SMILES string of the molecule is c1ccc(-c2cc(-n3c4ccccc4c4cc(-c5ccc6c(c5)c5ccccc5n6-c5ccccc5)ccc43)cc(-c3ccccc3)n2)cc1. The van der Waals surface area contributed by atoms with E-state index >= 15 is 0 Å². The molecule has 0 aliphatic heterocycles. The van der Waals surface area contributed by atoms with E-state index in [1.54, 1.807) is 0 Å². The summed E-state index contributed by atoms with van der Waals surface area (Å²) in [4.78, 5) is 5.15. The molecule has 0 aliphatic rings. The number of hydrogen-bond donors (Lipinski definition) is 0. The molecule has 0 atom stereocenters. The number of aromatic nitrogens is 3. The molecule has 3 aromatic heterocycles. The molecule has 234 valence electrons. The molecule has 0 fully saturated rings. The lowest BCUT2D eigenvalue weighted by Gasteiger charge is -2.13. The second-order valence-corrected chi connectivity index (χ2v) is 12.8. The van der Waals surface area contributed by atoms with Gasteiger partial charge in [-0.15, -0.1) is 0 Å². The summed E-state index contributed by atoms with van der Waals surface area (Å²) < 4.78 is 4.76. The molecule has 0 saturated heterocycles. The number of benzene rings is 7. The van der Waals surface area contributed by atoms with E-state index in [1.165, 1.54) is 60.4 Å². The van der Waals surface area contributed by atoms with Crippen LogP contribution in [0.2, 0.25) is 0 Å². The Kier molecular flexibility index (Phi) is 6.49. The van der Waals surface area contributed by atoms with Crippen LogP contribution in [0.1, 0.15) is 0 Å². The zero-order valence-electron chi connectivity index (χ0n) is 27.2. The van der Waals surface area contributed by atoms with Crippen LogP contribution in [0, 0.1) is 0 Å². The van der Waals surface area contributed by atoms with Crippen LogP contribution < -0.4 is 0 Å². The molecular formula is C47H31N3. The molecule has 50 heavy (non-hydrogen) atoms. The van der Waals surface area contributed by atoms with Gasteiger partial charge >= 0.3 is 0 Å². The van der Waals surface area contributed by atoms with Crippen molar-refractivity contribution < 1.29 is 0 Å². The minimum absolute atomic E-state index is 0.951. The van der Waals surface area contributed by atoms with Crippen molar-refractivity contribution in [2.24, 2.45) is 0 Å². The van der Waals surface area contributed by atoms with Gasteiger partial charge in [0.2, 0.25) is 0 Å². The van der Waals surface area contributed by atoms with Gasteiger partial charge in [-0.25, -0.2) is 4.98 Å². The van der Waals surface area contributed by atoms with Crippen LogP contribution in [0.3, 0.4) is 0 Å². The Labute approximate surface area is 290 Å². The van der Waals surface area contributed by atoms with E-state index in [2.05, 4.69) is 197 Å². The number of hydrogen-bond acceptors (Lipinski definition) is 1. The number of pyridine rings is 1. The quantitative estimate of drug-likeness (QED) is 0.184. The third-order valence-electron chi connectivity index (χ3n) is 9.90. The van der Waals surface area contributed by atoms with Crippen molar-refractivity contribution in [3.63, 3.8) is 0 Å². The molecule has 0 N–H and O–H groups in total. The molecule has 10 aromatic rings. The minimum atomic E-state index is 0.951. The van der Waals surface area contributed by atoms with Gasteiger partial charge in [0.25, 0.3) is 0 Å². The van der Waals surface area contributed by atoms with E-state index in [1.807, 2.05) is 0 Å². The number of para-hydroxylation sites is 3. The Bertz CT molecular complexity index is 2790. The van der Waals surface area contributed by atoms with Gasteiger partial charge in [0.15, 0.2) is 0 Å². The largest absolute Gasteiger partial charge is 0.309 e. The van der Waals surface area contributed by atoms with Gasteiger partial charge in [0.05, 0.1) is 39.1 Å². The molecule has 10 rings (SSSR count). The van der Waals surface area contributed by atoms with Crippen LogP contribution in [-0.4, -0.2) is 14.1 Å². The molecule has 7 aromatic carbocycles. The predicted molar refractivity (Wildman–Crippen MR) is 209 cm³/mol. The smallest absolute Gasteiger partial charge is 0.0730 e. The highest BCUT2D eigenvalue weighted by Gasteiger charge is 2.17. The summed E-state index contributed by atoms with van der Waals surface area (Å²) in [5.41, 5.74) is 13.5. The van der Waals surface area contributed by atoms with Crippen LogP contribution in [0.5, 0.6) is 0 Å².